The first-order valence-corrected chi connectivity index (χ1v) is 10.3. The Labute approximate surface area is 170 Å². The van der Waals surface area contributed by atoms with Crippen LogP contribution in [0.25, 0.3) is 0 Å². The van der Waals surface area contributed by atoms with Crippen LogP contribution in [0.4, 0.5) is 5.82 Å². The summed E-state index contributed by atoms with van der Waals surface area (Å²) in [6.45, 7) is 1.86. The van der Waals surface area contributed by atoms with Gasteiger partial charge in [-0.1, -0.05) is 30.3 Å². The van der Waals surface area contributed by atoms with Crippen LogP contribution in [0.5, 0.6) is 6.01 Å². The number of carbonyl (C=O) groups is 1. The SMILES string of the molecule is COc1nccc(N2C[C@H]3C[C@@H](C(=O)N4N=CC[C@H]4c4ccccc4)C[C@H]3C2)n1. The molecule has 0 N–H and O–H groups in total. The molecule has 1 aromatic carbocycles. The molecule has 2 aromatic rings. The molecule has 0 spiro atoms. The van der Waals surface area contributed by atoms with E-state index in [0.29, 0.717) is 17.8 Å². The van der Waals surface area contributed by atoms with Crippen molar-refractivity contribution in [3.05, 3.63) is 48.2 Å². The van der Waals surface area contributed by atoms with Crippen molar-refractivity contribution in [3.8, 4) is 6.01 Å². The van der Waals surface area contributed by atoms with Crippen molar-refractivity contribution in [2.75, 3.05) is 25.1 Å². The maximum atomic E-state index is 13.3. The molecule has 7 nitrogen and oxygen atoms in total. The Morgan fingerprint density at radius 2 is 1.86 bits per heavy atom. The summed E-state index contributed by atoms with van der Waals surface area (Å²) in [5.41, 5.74) is 1.15. The van der Waals surface area contributed by atoms with Crippen LogP contribution in [-0.2, 0) is 4.79 Å². The summed E-state index contributed by atoms with van der Waals surface area (Å²) in [6.07, 6.45) is 6.25. The number of nitrogens with zero attached hydrogens (tertiary/aromatic N) is 5. The Bertz CT molecular complexity index is 904. The van der Waals surface area contributed by atoms with Crippen molar-refractivity contribution in [3.63, 3.8) is 0 Å². The average molecular weight is 391 g/mol. The number of ether oxygens (including phenoxy) is 1. The monoisotopic (exact) mass is 391 g/mol. The minimum Gasteiger partial charge on any atom is -0.467 e. The van der Waals surface area contributed by atoms with E-state index in [0.717, 1.165) is 43.7 Å². The number of amides is 1. The first-order chi connectivity index (χ1) is 14.2. The number of methoxy groups -OCH3 is 1. The summed E-state index contributed by atoms with van der Waals surface area (Å²) in [6, 6.07) is 12.6. The second kappa shape index (κ2) is 7.46. The van der Waals surface area contributed by atoms with Gasteiger partial charge in [-0.25, -0.2) is 9.99 Å². The quantitative estimate of drug-likeness (QED) is 0.801. The highest BCUT2D eigenvalue weighted by atomic mass is 16.5. The van der Waals surface area contributed by atoms with E-state index < -0.39 is 0 Å². The van der Waals surface area contributed by atoms with Gasteiger partial charge in [-0.05, 0) is 36.3 Å². The predicted octanol–water partition coefficient (Wildman–Crippen LogP) is 2.91. The van der Waals surface area contributed by atoms with E-state index in [1.54, 1.807) is 18.3 Å². The molecule has 0 bridgehead atoms. The van der Waals surface area contributed by atoms with Crippen molar-refractivity contribution >= 4 is 17.9 Å². The Morgan fingerprint density at radius 3 is 2.59 bits per heavy atom. The molecule has 29 heavy (non-hydrogen) atoms. The van der Waals surface area contributed by atoms with E-state index in [-0.39, 0.29) is 17.9 Å². The second-order valence-electron chi connectivity index (χ2n) is 8.14. The van der Waals surface area contributed by atoms with Gasteiger partial charge in [0, 0.05) is 37.8 Å². The Morgan fingerprint density at radius 1 is 1.10 bits per heavy atom. The van der Waals surface area contributed by atoms with Crippen molar-refractivity contribution in [1.29, 1.82) is 0 Å². The molecular formula is C22H25N5O2. The van der Waals surface area contributed by atoms with Crippen molar-refractivity contribution in [2.24, 2.45) is 22.9 Å². The first-order valence-electron chi connectivity index (χ1n) is 10.3. The number of benzene rings is 1. The summed E-state index contributed by atoms with van der Waals surface area (Å²) in [7, 11) is 1.58. The summed E-state index contributed by atoms with van der Waals surface area (Å²) in [5.74, 6) is 2.19. The zero-order valence-electron chi connectivity index (χ0n) is 16.5. The third-order valence-electron chi connectivity index (χ3n) is 6.47. The van der Waals surface area contributed by atoms with Crippen molar-refractivity contribution < 1.29 is 9.53 Å². The van der Waals surface area contributed by atoms with E-state index in [4.69, 9.17) is 4.74 Å². The minimum atomic E-state index is 0.0362. The van der Waals surface area contributed by atoms with Gasteiger partial charge in [-0.3, -0.25) is 4.79 Å². The Balaban J connectivity index is 1.24. The fraction of sp³-hybridized carbons (Fsp3) is 0.455. The highest BCUT2D eigenvalue weighted by Gasteiger charge is 2.46. The number of aromatic nitrogens is 2. The number of anilines is 1. The van der Waals surface area contributed by atoms with Gasteiger partial charge < -0.3 is 9.64 Å². The highest BCUT2D eigenvalue weighted by molar-refractivity contribution is 5.82. The van der Waals surface area contributed by atoms with Gasteiger partial charge in [0.2, 0.25) is 5.91 Å². The zero-order valence-corrected chi connectivity index (χ0v) is 16.5. The van der Waals surface area contributed by atoms with Gasteiger partial charge in [0.25, 0.3) is 0 Å². The van der Waals surface area contributed by atoms with Crippen LogP contribution in [-0.4, -0.2) is 47.3 Å². The Hall–Kier alpha value is -2.96. The van der Waals surface area contributed by atoms with E-state index >= 15 is 0 Å². The lowest BCUT2D eigenvalue weighted by Crippen LogP contribution is -2.33. The van der Waals surface area contributed by atoms with Gasteiger partial charge in [-0.15, -0.1) is 0 Å². The average Bonchev–Trinajstić information content (AvgIpc) is 3.48. The van der Waals surface area contributed by atoms with Crippen LogP contribution in [0, 0.1) is 17.8 Å². The van der Waals surface area contributed by atoms with Gasteiger partial charge in [0.1, 0.15) is 5.82 Å². The molecule has 2 aliphatic heterocycles. The predicted molar refractivity (Wildman–Crippen MR) is 110 cm³/mol. The lowest BCUT2D eigenvalue weighted by atomic mass is 10.0. The summed E-state index contributed by atoms with van der Waals surface area (Å²) in [5, 5.41) is 6.16. The van der Waals surface area contributed by atoms with Gasteiger partial charge in [0.05, 0.1) is 13.2 Å². The summed E-state index contributed by atoms with van der Waals surface area (Å²) < 4.78 is 5.15. The molecule has 1 saturated heterocycles. The molecule has 150 valence electrons. The molecule has 3 aliphatic rings. The number of hydrazone groups is 1. The van der Waals surface area contributed by atoms with Crippen LogP contribution in [0.15, 0.2) is 47.7 Å². The van der Waals surface area contributed by atoms with Crippen LogP contribution in [0.3, 0.4) is 0 Å². The Kier molecular flexibility index (Phi) is 4.66. The van der Waals surface area contributed by atoms with Crippen molar-refractivity contribution in [1.82, 2.24) is 15.0 Å². The standard InChI is InChI=1S/C22H25N5O2/c1-29-22-23-9-8-20(25-22)26-13-17-11-16(12-18(17)14-26)21(28)27-19(7-10-24-27)15-5-3-2-4-6-15/h2-6,8-10,16-19H,7,11-14H2,1H3/t16-,17-,18+,19-/m0/s1. The third kappa shape index (κ3) is 3.34. The van der Waals surface area contributed by atoms with E-state index in [9.17, 15) is 4.79 Å². The second-order valence-corrected chi connectivity index (χ2v) is 8.14. The highest BCUT2D eigenvalue weighted by Crippen LogP contribution is 2.44. The number of rotatable bonds is 4. The van der Waals surface area contributed by atoms with Crippen LogP contribution < -0.4 is 9.64 Å². The minimum absolute atomic E-state index is 0.0362. The van der Waals surface area contributed by atoms with Crippen LogP contribution >= 0.6 is 0 Å². The normalized spacial score (nSPS) is 28.0. The number of hydrogen-bond acceptors (Lipinski definition) is 6. The molecular weight excluding hydrogens is 366 g/mol. The largest absolute Gasteiger partial charge is 0.467 e. The first kappa shape index (κ1) is 18.1. The van der Waals surface area contributed by atoms with Crippen molar-refractivity contribution in [2.45, 2.75) is 25.3 Å². The fourth-order valence-corrected chi connectivity index (χ4v) is 5.06. The van der Waals surface area contributed by atoms with E-state index in [1.165, 1.54) is 0 Å². The lowest BCUT2D eigenvalue weighted by Gasteiger charge is -2.26. The molecule has 5 rings (SSSR count). The molecule has 4 atom stereocenters. The lowest BCUT2D eigenvalue weighted by molar-refractivity contribution is -0.137. The number of carbonyl (C=O) groups excluding carboxylic acids is 1. The third-order valence-corrected chi connectivity index (χ3v) is 6.47. The molecule has 3 heterocycles. The molecule has 2 fully saturated rings. The molecule has 0 unspecified atom stereocenters. The molecule has 7 heteroatoms. The van der Waals surface area contributed by atoms with Crippen LogP contribution in [0.1, 0.15) is 30.9 Å². The maximum Gasteiger partial charge on any atom is 0.318 e. The molecule has 1 amide bonds. The topological polar surface area (TPSA) is 70.9 Å². The number of hydrogen-bond donors (Lipinski definition) is 0. The zero-order chi connectivity index (χ0) is 19.8. The smallest absolute Gasteiger partial charge is 0.318 e. The fourth-order valence-electron chi connectivity index (χ4n) is 5.06. The summed E-state index contributed by atoms with van der Waals surface area (Å²) >= 11 is 0. The van der Waals surface area contributed by atoms with Gasteiger partial charge in [0.15, 0.2) is 0 Å². The van der Waals surface area contributed by atoms with E-state index in [1.807, 2.05) is 30.5 Å². The molecule has 0 radical (unpaired) electrons. The molecule has 1 saturated carbocycles. The maximum absolute atomic E-state index is 13.3. The summed E-state index contributed by atoms with van der Waals surface area (Å²) in [4.78, 5) is 24.1. The van der Waals surface area contributed by atoms with E-state index in [2.05, 4.69) is 32.1 Å². The van der Waals surface area contributed by atoms with Gasteiger partial charge in [-0.2, -0.15) is 10.1 Å². The van der Waals surface area contributed by atoms with Gasteiger partial charge >= 0.3 is 6.01 Å². The molecule has 1 aliphatic carbocycles. The van der Waals surface area contributed by atoms with Crippen LogP contribution in [0.2, 0.25) is 0 Å². The number of fused-ring (bicyclic) bond motifs is 1. The molecule has 1 aromatic heterocycles.